The molecule has 0 radical (unpaired) electrons. The highest BCUT2D eigenvalue weighted by Crippen LogP contribution is 2.23. The third kappa shape index (κ3) is 5.43. The molecule has 0 amide bonds. The van der Waals surface area contributed by atoms with Gasteiger partial charge in [0.15, 0.2) is 5.11 Å². The number of rotatable bonds is 6. The van der Waals surface area contributed by atoms with Crippen LogP contribution in [0.2, 0.25) is 10.0 Å². The summed E-state index contributed by atoms with van der Waals surface area (Å²) in [5.41, 5.74) is 4.41. The van der Waals surface area contributed by atoms with Crippen molar-refractivity contribution in [2.45, 2.75) is 33.5 Å². The van der Waals surface area contributed by atoms with Crippen LogP contribution in [0.3, 0.4) is 0 Å². The lowest BCUT2D eigenvalue weighted by Gasteiger charge is -2.36. The Labute approximate surface area is 203 Å². The van der Waals surface area contributed by atoms with Crippen LogP contribution >= 0.6 is 35.4 Å². The maximum absolute atomic E-state index is 6.14. The number of hydrogen-bond donors (Lipinski definition) is 1. The van der Waals surface area contributed by atoms with Gasteiger partial charge in [0.05, 0.1) is 34.7 Å². The lowest BCUT2D eigenvalue weighted by Crippen LogP contribution is -2.49. The molecule has 0 saturated carbocycles. The van der Waals surface area contributed by atoms with Crippen LogP contribution < -0.4 is 5.32 Å². The predicted molar refractivity (Wildman–Crippen MR) is 133 cm³/mol. The first kappa shape index (κ1) is 23.0. The van der Waals surface area contributed by atoms with Crippen molar-refractivity contribution in [1.82, 2.24) is 29.4 Å². The number of aryl methyl sites for hydroxylation is 1. The number of aromatic nitrogens is 4. The number of halogens is 2. The zero-order chi connectivity index (χ0) is 22.7. The molecule has 170 valence electrons. The Kier molecular flexibility index (Phi) is 7.35. The summed E-state index contributed by atoms with van der Waals surface area (Å²) in [6.07, 6.45) is 5.71. The molecule has 10 heteroatoms. The van der Waals surface area contributed by atoms with Crippen LogP contribution in [0.5, 0.6) is 0 Å². The molecule has 3 heterocycles. The van der Waals surface area contributed by atoms with Gasteiger partial charge in [-0.1, -0.05) is 29.3 Å². The molecule has 1 saturated heterocycles. The highest BCUT2D eigenvalue weighted by Gasteiger charge is 2.19. The first-order chi connectivity index (χ1) is 15.4. The quantitative estimate of drug-likeness (QED) is 0.519. The summed E-state index contributed by atoms with van der Waals surface area (Å²) < 4.78 is 3.90. The molecule has 4 rings (SSSR count). The molecule has 3 aromatic rings. The van der Waals surface area contributed by atoms with Gasteiger partial charge >= 0.3 is 0 Å². The Bertz CT molecular complexity index is 1090. The van der Waals surface area contributed by atoms with Crippen molar-refractivity contribution < 1.29 is 0 Å². The molecule has 2 aromatic heterocycles. The largest absolute Gasteiger partial charge is 0.346 e. The molecule has 1 fully saturated rings. The van der Waals surface area contributed by atoms with E-state index in [1.54, 1.807) is 0 Å². The van der Waals surface area contributed by atoms with Gasteiger partial charge in [0.25, 0.3) is 0 Å². The molecule has 0 atom stereocenters. The van der Waals surface area contributed by atoms with E-state index in [1.807, 2.05) is 46.2 Å². The molecular weight excluding hydrogens is 465 g/mol. The smallest absolute Gasteiger partial charge is 0.173 e. The standard InChI is InChI=1S/C22H27Cl2N7S/c1-3-31-16(2)18(11-26-31)14-30-15-19(12-25-30)27-22(32)29-8-6-28(7-9-29)13-17-4-5-20(23)21(24)10-17/h4-5,10-12,15H,3,6-9,13-14H2,1-2H3,(H,27,32). The Balaban J connectivity index is 1.27. The summed E-state index contributed by atoms with van der Waals surface area (Å²) in [6.45, 7) is 10.2. The van der Waals surface area contributed by atoms with Crippen molar-refractivity contribution in [3.63, 3.8) is 0 Å². The van der Waals surface area contributed by atoms with Crippen LogP contribution in [-0.2, 0) is 19.6 Å². The van der Waals surface area contributed by atoms with Crippen molar-refractivity contribution in [2.75, 3.05) is 31.5 Å². The average molecular weight is 492 g/mol. The number of piperazine rings is 1. The van der Waals surface area contributed by atoms with Crippen LogP contribution in [0, 0.1) is 6.92 Å². The normalized spacial score (nSPS) is 14.7. The SMILES string of the molecule is CCn1ncc(Cn2cc(NC(=S)N3CCN(Cc4ccc(Cl)c(Cl)c4)CC3)cn2)c1C. The average Bonchev–Trinajstić information content (AvgIpc) is 3.37. The van der Waals surface area contributed by atoms with Crippen molar-refractivity contribution in [2.24, 2.45) is 0 Å². The Hall–Kier alpha value is -2.13. The molecule has 1 N–H and O–H groups in total. The second-order valence-corrected chi connectivity index (χ2v) is 9.14. The van der Waals surface area contributed by atoms with E-state index in [0.29, 0.717) is 16.6 Å². The van der Waals surface area contributed by atoms with Crippen molar-refractivity contribution >= 4 is 46.2 Å². The lowest BCUT2D eigenvalue weighted by atomic mass is 10.2. The van der Waals surface area contributed by atoms with Crippen LogP contribution in [0.4, 0.5) is 5.69 Å². The maximum Gasteiger partial charge on any atom is 0.173 e. The van der Waals surface area contributed by atoms with Crippen LogP contribution in [-0.4, -0.2) is 60.7 Å². The van der Waals surface area contributed by atoms with Gasteiger partial charge < -0.3 is 10.2 Å². The molecule has 0 spiro atoms. The van der Waals surface area contributed by atoms with E-state index in [0.717, 1.165) is 50.1 Å². The predicted octanol–water partition coefficient (Wildman–Crippen LogP) is 4.28. The lowest BCUT2D eigenvalue weighted by molar-refractivity contribution is 0.177. The van der Waals surface area contributed by atoms with Crippen molar-refractivity contribution in [3.8, 4) is 0 Å². The minimum Gasteiger partial charge on any atom is -0.346 e. The van der Waals surface area contributed by atoms with Gasteiger partial charge in [0.1, 0.15) is 0 Å². The van der Waals surface area contributed by atoms with Gasteiger partial charge in [0.2, 0.25) is 0 Å². The topological polar surface area (TPSA) is 54.2 Å². The summed E-state index contributed by atoms with van der Waals surface area (Å²) >= 11 is 17.8. The molecule has 7 nitrogen and oxygen atoms in total. The molecular formula is C22H27Cl2N7S. The highest BCUT2D eigenvalue weighted by molar-refractivity contribution is 7.80. The number of benzene rings is 1. The Morgan fingerprint density at radius 3 is 2.53 bits per heavy atom. The van der Waals surface area contributed by atoms with E-state index in [-0.39, 0.29) is 0 Å². The number of anilines is 1. The first-order valence-corrected chi connectivity index (χ1v) is 11.8. The van der Waals surface area contributed by atoms with E-state index in [1.165, 1.54) is 16.8 Å². The summed E-state index contributed by atoms with van der Waals surface area (Å²) in [5.74, 6) is 0. The van der Waals surface area contributed by atoms with Gasteiger partial charge in [-0.15, -0.1) is 0 Å². The van der Waals surface area contributed by atoms with E-state index in [2.05, 4.69) is 39.2 Å². The minimum atomic E-state index is 0.589. The number of thiocarbonyl (C=S) groups is 1. The Morgan fingerprint density at radius 2 is 1.84 bits per heavy atom. The van der Waals surface area contributed by atoms with Gasteiger partial charge in [0, 0.05) is 56.7 Å². The highest BCUT2D eigenvalue weighted by atomic mass is 35.5. The number of nitrogens with one attached hydrogen (secondary N) is 1. The second kappa shape index (κ2) is 10.2. The van der Waals surface area contributed by atoms with Gasteiger partial charge in [-0.25, -0.2) is 0 Å². The van der Waals surface area contributed by atoms with Crippen molar-refractivity contribution in [1.29, 1.82) is 0 Å². The second-order valence-electron chi connectivity index (χ2n) is 7.94. The molecule has 0 unspecified atom stereocenters. The fraction of sp³-hybridized carbons (Fsp3) is 0.409. The summed E-state index contributed by atoms with van der Waals surface area (Å²) in [4.78, 5) is 4.60. The van der Waals surface area contributed by atoms with Gasteiger partial charge in [-0.05, 0) is 43.8 Å². The fourth-order valence-electron chi connectivity index (χ4n) is 3.86. The zero-order valence-corrected chi connectivity index (χ0v) is 20.6. The van der Waals surface area contributed by atoms with E-state index < -0.39 is 0 Å². The molecule has 0 bridgehead atoms. The van der Waals surface area contributed by atoms with Crippen LogP contribution in [0.15, 0.2) is 36.8 Å². The first-order valence-electron chi connectivity index (χ1n) is 10.7. The van der Waals surface area contributed by atoms with Crippen molar-refractivity contribution in [3.05, 3.63) is 63.7 Å². The molecule has 32 heavy (non-hydrogen) atoms. The van der Waals surface area contributed by atoms with Gasteiger partial charge in [-0.2, -0.15) is 10.2 Å². The maximum atomic E-state index is 6.14. The summed E-state index contributed by atoms with van der Waals surface area (Å²) in [5, 5.41) is 14.1. The molecule has 1 aliphatic heterocycles. The van der Waals surface area contributed by atoms with E-state index in [9.17, 15) is 0 Å². The monoisotopic (exact) mass is 491 g/mol. The Morgan fingerprint density at radius 1 is 1.06 bits per heavy atom. The zero-order valence-electron chi connectivity index (χ0n) is 18.3. The number of nitrogens with zero attached hydrogens (tertiary/aromatic N) is 6. The van der Waals surface area contributed by atoms with Crippen LogP contribution in [0.1, 0.15) is 23.7 Å². The third-order valence-corrected chi connectivity index (χ3v) is 6.87. The fourth-order valence-corrected chi connectivity index (χ4v) is 4.48. The summed E-state index contributed by atoms with van der Waals surface area (Å²) in [6, 6.07) is 5.82. The van der Waals surface area contributed by atoms with E-state index in [4.69, 9.17) is 35.4 Å². The van der Waals surface area contributed by atoms with Gasteiger partial charge in [-0.3, -0.25) is 14.3 Å². The van der Waals surface area contributed by atoms with E-state index >= 15 is 0 Å². The summed E-state index contributed by atoms with van der Waals surface area (Å²) in [7, 11) is 0. The minimum absolute atomic E-state index is 0.589. The number of hydrogen-bond acceptors (Lipinski definition) is 4. The molecule has 1 aliphatic rings. The third-order valence-electron chi connectivity index (χ3n) is 5.77. The molecule has 0 aliphatic carbocycles. The van der Waals surface area contributed by atoms with Crippen LogP contribution in [0.25, 0.3) is 0 Å². The molecule has 1 aromatic carbocycles.